The second-order valence-corrected chi connectivity index (χ2v) is 21.1. The normalized spacial score (nSPS) is 57.6. The standard InChI is InChI=1S/C45H72O17/c1-19-8-13-45(55-18-19)20(2)30-27(62-45)15-26-24-7-6-22-14-23(9-11-43(22,4)25(24)10-12-44(26,30)5)57-42-39(61-41-37(54)35(52)32(49)28(16-46)58-41)38(33(50)29(17-47)59-42)60-40-36(53)34(51)31(48)21(3)56-40/h6,19-21,23-42,46-54H,7-18H2,1-5H3/t19-,20+,21+,23-,24-,25+,26-,27-,28-,29-,30-,31+,32-,33-,34-,35+,36-,37-,38+,39-,40+,41+,42-,43+,44+,45-/m1/s1. The first-order valence-corrected chi connectivity index (χ1v) is 23.4. The molecule has 5 heterocycles. The highest BCUT2D eigenvalue weighted by atomic mass is 16.8. The summed E-state index contributed by atoms with van der Waals surface area (Å²) in [6, 6.07) is 0. The third-order valence-corrected chi connectivity index (χ3v) is 17.7. The van der Waals surface area contributed by atoms with Crippen molar-refractivity contribution in [3.8, 4) is 0 Å². The van der Waals surface area contributed by atoms with Crippen molar-refractivity contribution in [3.05, 3.63) is 11.6 Å². The molecule has 0 unspecified atom stereocenters. The molecule has 0 bridgehead atoms. The summed E-state index contributed by atoms with van der Waals surface area (Å²) in [6.07, 6.45) is -12.4. The Kier molecular flexibility index (Phi) is 12.9. The molecule has 62 heavy (non-hydrogen) atoms. The molecule has 9 rings (SSSR count). The smallest absolute Gasteiger partial charge is 0.187 e. The molecule has 17 nitrogen and oxygen atoms in total. The van der Waals surface area contributed by atoms with Crippen molar-refractivity contribution in [2.75, 3.05) is 19.8 Å². The Labute approximate surface area is 363 Å². The van der Waals surface area contributed by atoms with Gasteiger partial charge in [-0.15, -0.1) is 0 Å². The summed E-state index contributed by atoms with van der Waals surface area (Å²) in [6.45, 7) is 10.4. The van der Waals surface area contributed by atoms with Crippen LogP contribution < -0.4 is 0 Å². The van der Waals surface area contributed by atoms with Crippen LogP contribution in [0.15, 0.2) is 11.6 Å². The largest absolute Gasteiger partial charge is 0.394 e. The number of aliphatic hydroxyl groups is 9. The number of hydrogen-bond donors (Lipinski definition) is 9. The summed E-state index contributed by atoms with van der Waals surface area (Å²) < 4.78 is 50.3. The van der Waals surface area contributed by atoms with Crippen LogP contribution in [0.4, 0.5) is 0 Å². The maximum Gasteiger partial charge on any atom is 0.187 e. The van der Waals surface area contributed by atoms with Gasteiger partial charge >= 0.3 is 0 Å². The zero-order chi connectivity index (χ0) is 44.2. The van der Waals surface area contributed by atoms with E-state index in [4.69, 9.17) is 37.9 Å². The Morgan fingerprint density at radius 2 is 1.34 bits per heavy atom. The first kappa shape index (κ1) is 46.2. The van der Waals surface area contributed by atoms with E-state index >= 15 is 0 Å². The Balaban J connectivity index is 0.941. The monoisotopic (exact) mass is 884 g/mol. The topological polar surface area (TPSA) is 256 Å². The van der Waals surface area contributed by atoms with Crippen LogP contribution in [0.2, 0.25) is 0 Å². The number of rotatable bonds is 8. The van der Waals surface area contributed by atoms with Crippen molar-refractivity contribution in [3.63, 3.8) is 0 Å². The average molecular weight is 885 g/mol. The molecule has 8 fully saturated rings. The van der Waals surface area contributed by atoms with Crippen LogP contribution in [0.5, 0.6) is 0 Å². The SMILES string of the molecule is C[C@@H]1CC[C@@]2(OC1)O[C@@H]1C[C@@H]3[C@@H]4CC=C5C[C@H](O[C@@H]6O[C@H](CO)[C@@H](O)[C@H](O[C@@H]7O[C@@H](C)[C@H](O)[C@@H](O)[C@H]7O)[C@H]6O[C@@H]6O[C@H](CO)[C@@H](O)[C@H](O)[C@H]6O)CC[C@]5(C)[C@H]4CC[C@]3(C)[C@@H]1[C@@H]2C. The minimum atomic E-state index is -1.83. The van der Waals surface area contributed by atoms with Crippen molar-refractivity contribution in [1.29, 1.82) is 0 Å². The van der Waals surface area contributed by atoms with Crippen LogP contribution >= 0.6 is 0 Å². The van der Waals surface area contributed by atoms with Crippen LogP contribution in [-0.4, -0.2) is 176 Å². The number of aliphatic hydroxyl groups excluding tert-OH is 9. The van der Waals surface area contributed by atoms with Crippen LogP contribution in [0, 0.1) is 46.3 Å². The molecule has 3 saturated carbocycles. The quantitative estimate of drug-likeness (QED) is 0.148. The van der Waals surface area contributed by atoms with Crippen molar-refractivity contribution in [1.82, 2.24) is 0 Å². The fourth-order valence-electron chi connectivity index (χ4n) is 14.0. The summed E-state index contributed by atoms with van der Waals surface area (Å²) in [7, 11) is 0. The van der Waals surface area contributed by atoms with Gasteiger partial charge in [-0.25, -0.2) is 0 Å². The molecule has 0 radical (unpaired) electrons. The molecule has 1 spiro atoms. The van der Waals surface area contributed by atoms with Crippen molar-refractivity contribution in [2.45, 2.75) is 203 Å². The van der Waals surface area contributed by atoms with Crippen molar-refractivity contribution in [2.24, 2.45) is 46.3 Å². The van der Waals surface area contributed by atoms with Gasteiger partial charge < -0.3 is 83.9 Å². The molecule has 9 aliphatic rings. The van der Waals surface area contributed by atoms with Crippen LogP contribution in [0.1, 0.15) is 92.4 Å². The fourth-order valence-corrected chi connectivity index (χ4v) is 14.0. The molecule has 9 N–H and O–H groups in total. The fraction of sp³-hybridized carbons (Fsp3) is 0.956. The summed E-state index contributed by atoms with van der Waals surface area (Å²) in [5, 5.41) is 95.8. The first-order chi connectivity index (χ1) is 29.4. The molecule has 0 aromatic carbocycles. The lowest BCUT2D eigenvalue weighted by Gasteiger charge is -2.59. The molecular formula is C45H72O17. The average Bonchev–Trinajstić information content (AvgIpc) is 3.70. The molecule has 354 valence electrons. The van der Waals surface area contributed by atoms with E-state index in [1.165, 1.54) is 12.5 Å². The van der Waals surface area contributed by atoms with E-state index in [9.17, 15) is 46.0 Å². The van der Waals surface area contributed by atoms with Gasteiger partial charge in [0.05, 0.1) is 38.1 Å². The number of allylic oxidation sites excluding steroid dienone is 1. The van der Waals surface area contributed by atoms with Gasteiger partial charge in [0.1, 0.15) is 67.1 Å². The third-order valence-electron chi connectivity index (χ3n) is 17.7. The molecule has 26 atom stereocenters. The number of hydrogen-bond acceptors (Lipinski definition) is 17. The highest BCUT2D eigenvalue weighted by molar-refractivity contribution is 5.26. The highest BCUT2D eigenvalue weighted by Gasteiger charge is 2.69. The second kappa shape index (κ2) is 17.3. The lowest BCUT2D eigenvalue weighted by Crippen LogP contribution is -2.67. The maximum absolute atomic E-state index is 11.6. The van der Waals surface area contributed by atoms with E-state index in [2.05, 4.69) is 33.8 Å². The molecule has 4 aliphatic carbocycles. The van der Waals surface area contributed by atoms with E-state index in [1.54, 1.807) is 0 Å². The van der Waals surface area contributed by atoms with Gasteiger partial charge in [-0.3, -0.25) is 0 Å². The zero-order valence-corrected chi connectivity index (χ0v) is 36.6. The first-order valence-electron chi connectivity index (χ1n) is 23.4. The Hall–Kier alpha value is -0.940. The summed E-state index contributed by atoms with van der Waals surface area (Å²) >= 11 is 0. The van der Waals surface area contributed by atoms with E-state index < -0.39 is 117 Å². The molecule has 0 aromatic heterocycles. The molecule has 17 heteroatoms. The van der Waals surface area contributed by atoms with E-state index in [0.717, 1.165) is 51.6 Å². The van der Waals surface area contributed by atoms with Crippen LogP contribution in [0.3, 0.4) is 0 Å². The zero-order valence-electron chi connectivity index (χ0n) is 36.6. The lowest BCUT2D eigenvalue weighted by molar-refractivity contribution is -0.394. The Morgan fingerprint density at radius 3 is 2.03 bits per heavy atom. The molecule has 0 amide bonds. The van der Waals surface area contributed by atoms with Gasteiger partial charge in [-0.1, -0.05) is 39.3 Å². The predicted octanol–water partition coefficient (Wildman–Crippen LogP) is 0.214. The lowest BCUT2D eigenvalue weighted by atomic mass is 9.47. The van der Waals surface area contributed by atoms with Crippen molar-refractivity contribution < 1.29 is 83.9 Å². The summed E-state index contributed by atoms with van der Waals surface area (Å²) in [5.74, 6) is 2.51. The van der Waals surface area contributed by atoms with Gasteiger partial charge in [-0.05, 0) is 98.7 Å². The van der Waals surface area contributed by atoms with Crippen LogP contribution in [0.25, 0.3) is 0 Å². The highest BCUT2D eigenvalue weighted by Crippen LogP contribution is 2.70. The number of fused-ring (bicyclic) bond motifs is 7. The van der Waals surface area contributed by atoms with Crippen LogP contribution in [-0.2, 0) is 37.9 Å². The van der Waals surface area contributed by atoms with Gasteiger partial charge in [0.2, 0.25) is 0 Å². The molecular weight excluding hydrogens is 812 g/mol. The van der Waals surface area contributed by atoms with E-state index in [0.29, 0.717) is 48.3 Å². The minimum absolute atomic E-state index is 0.0518. The van der Waals surface area contributed by atoms with Gasteiger partial charge in [0.15, 0.2) is 24.7 Å². The Morgan fingerprint density at radius 1 is 0.677 bits per heavy atom. The van der Waals surface area contributed by atoms with E-state index in [-0.39, 0.29) is 16.9 Å². The predicted molar refractivity (Wildman–Crippen MR) is 214 cm³/mol. The minimum Gasteiger partial charge on any atom is -0.394 e. The number of ether oxygens (including phenoxy) is 8. The summed E-state index contributed by atoms with van der Waals surface area (Å²) in [5.41, 5.74) is 1.45. The van der Waals surface area contributed by atoms with Crippen molar-refractivity contribution >= 4 is 0 Å². The Bertz CT molecular complexity index is 1610. The summed E-state index contributed by atoms with van der Waals surface area (Å²) in [4.78, 5) is 0. The van der Waals surface area contributed by atoms with Gasteiger partial charge in [-0.2, -0.15) is 0 Å². The van der Waals surface area contributed by atoms with Gasteiger partial charge in [0.25, 0.3) is 0 Å². The van der Waals surface area contributed by atoms with E-state index in [1.807, 2.05) is 0 Å². The molecule has 5 saturated heterocycles. The maximum atomic E-state index is 11.6. The second-order valence-electron chi connectivity index (χ2n) is 21.1. The molecule has 5 aliphatic heterocycles. The third kappa shape index (κ3) is 7.49. The molecule has 0 aromatic rings. The van der Waals surface area contributed by atoms with Gasteiger partial charge in [0, 0.05) is 12.3 Å².